The average molecular weight is 711 g/mol. The van der Waals surface area contributed by atoms with Gasteiger partial charge in [0.1, 0.15) is 23.0 Å². The highest BCUT2D eigenvalue weighted by Crippen LogP contribution is 2.43. The second kappa shape index (κ2) is 14.9. The lowest BCUT2D eigenvalue weighted by atomic mass is 9.81. The fourth-order valence-electron chi connectivity index (χ4n) is 6.73. The van der Waals surface area contributed by atoms with Gasteiger partial charge in [-0.05, 0) is 57.1 Å². The van der Waals surface area contributed by atoms with Crippen molar-refractivity contribution in [2.75, 3.05) is 13.2 Å². The summed E-state index contributed by atoms with van der Waals surface area (Å²) in [5, 5.41) is 47.9. The van der Waals surface area contributed by atoms with E-state index in [4.69, 9.17) is 9.47 Å². The fourth-order valence-corrected chi connectivity index (χ4v) is 6.73. The summed E-state index contributed by atoms with van der Waals surface area (Å²) in [5.74, 6) is 0.975. The molecule has 8 bridgehead atoms. The summed E-state index contributed by atoms with van der Waals surface area (Å²) in [6.45, 7) is 17.7. The molecule has 0 unspecified atom stereocenters. The lowest BCUT2D eigenvalue weighted by Gasteiger charge is -2.27. The minimum Gasteiger partial charge on any atom is -0.507 e. The van der Waals surface area contributed by atoms with Crippen molar-refractivity contribution in [3.8, 4) is 23.0 Å². The molecular formula is C42H50N2O8. The zero-order valence-corrected chi connectivity index (χ0v) is 31.5. The number of rotatable bonds is 8. The molecule has 0 saturated carbocycles. The van der Waals surface area contributed by atoms with Gasteiger partial charge in [0.2, 0.25) is 0 Å². The van der Waals surface area contributed by atoms with Crippen LogP contribution in [-0.4, -0.2) is 33.3 Å². The summed E-state index contributed by atoms with van der Waals surface area (Å²) in [6.07, 6.45) is 2.00. The van der Waals surface area contributed by atoms with Crippen LogP contribution in [0.25, 0.3) is 0 Å². The number of fused-ring (bicyclic) bond motifs is 8. The standard InChI is InChI=1S/C42H50N2O8/c1-9-11-51-39-29-14-27-23-35(43(47)48)21-25(37(27)45)13-26-22-36(44(49)50)24-28(38(26)46)15-30-18-34(42(6,7)8)20-32(40(30)52-12-10-2)16-31(39)19-33(17-29)41(3,4)5/h17-24,45-46H,9-16H2,1-8H3. The highest BCUT2D eigenvalue weighted by atomic mass is 16.6. The summed E-state index contributed by atoms with van der Waals surface area (Å²) in [6, 6.07) is 13.7. The number of ether oxygens (including phenoxy) is 2. The molecule has 2 N–H and O–H groups in total. The van der Waals surface area contributed by atoms with Crippen LogP contribution in [0.1, 0.15) is 124 Å². The van der Waals surface area contributed by atoms with Crippen LogP contribution in [0.15, 0.2) is 48.5 Å². The van der Waals surface area contributed by atoms with Crippen molar-refractivity contribution in [3.63, 3.8) is 0 Å². The van der Waals surface area contributed by atoms with Crippen LogP contribution in [0.3, 0.4) is 0 Å². The van der Waals surface area contributed by atoms with Crippen molar-refractivity contribution in [2.45, 2.75) is 105 Å². The number of aromatic hydroxyl groups is 2. The van der Waals surface area contributed by atoms with Crippen LogP contribution in [-0.2, 0) is 36.5 Å². The molecule has 0 aliphatic heterocycles. The Kier molecular flexibility index (Phi) is 10.9. The van der Waals surface area contributed by atoms with E-state index in [9.17, 15) is 30.4 Å². The molecule has 0 saturated heterocycles. The number of nitro benzene ring substituents is 2. The summed E-state index contributed by atoms with van der Waals surface area (Å²) in [7, 11) is 0. The number of phenolic OH excluding ortho intramolecular Hbond substituents is 2. The molecule has 5 rings (SSSR count). The van der Waals surface area contributed by atoms with Crippen LogP contribution in [0, 0.1) is 20.2 Å². The minimum absolute atomic E-state index is 0.120. The third-order valence-corrected chi connectivity index (χ3v) is 9.57. The van der Waals surface area contributed by atoms with Crippen molar-refractivity contribution >= 4 is 11.4 Å². The third kappa shape index (κ3) is 8.16. The molecule has 276 valence electrons. The molecule has 10 heteroatoms. The molecule has 0 spiro atoms. The number of phenols is 2. The topological polar surface area (TPSA) is 145 Å². The van der Waals surface area contributed by atoms with E-state index < -0.39 is 9.85 Å². The van der Waals surface area contributed by atoms with E-state index in [1.54, 1.807) is 0 Å². The number of nitrogens with zero attached hydrogens (tertiary/aromatic N) is 2. The average Bonchev–Trinajstić information content (AvgIpc) is 3.05. The van der Waals surface area contributed by atoms with Crippen molar-refractivity contribution < 1.29 is 29.5 Å². The quantitative estimate of drug-likeness (QED) is 0.120. The Balaban J connectivity index is 1.94. The first-order valence-corrected chi connectivity index (χ1v) is 18.0. The molecule has 0 atom stereocenters. The molecule has 0 fully saturated rings. The van der Waals surface area contributed by atoms with Gasteiger partial charge in [-0.3, -0.25) is 20.2 Å². The second-order valence-corrected chi connectivity index (χ2v) is 15.9. The highest BCUT2D eigenvalue weighted by molar-refractivity contribution is 5.61. The molecule has 0 heterocycles. The second-order valence-electron chi connectivity index (χ2n) is 15.9. The molecule has 0 aromatic heterocycles. The van der Waals surface area contributed by atoms with Gasteiger partial charge < -0.3 is 19.7 Å². The fraction of sp³-hybridized carbons (Fsp3) is 0.429. The van der Waals surface area contributed by atoms with Gasteiger partial charge in [0.05, 0.1) is 23.1 Å². The molecule has 0 amide bonds. The van der Waals surface area contributed by atoms with Crippen molar-refractivity contribution in [3.05, 3.63) is 124 Å². The molecule has 10 nitrogen and oxygen atoms in total. The predicted octanol–water partition coefficient (Wildman–Crippen LogP) is 9.76. The van der Waals surface area contributed by atoms with Crippen molar-refractivity contribution in [1.82, 2.24) is 0 Å². The van der Waals surface area contributed by atoms with Gasteiger partial charge in [0, 0.05) is 72.2 Å². The van der Waals surface area contributed by atoms with E-state index in [1.165, 1.54) is 24.3 Å². The molecule has 52 heavy (non-hydrogen) atoms. The SMILES string of the molecule is CCCOc1c2cc(C(C)(C)C)cc1Cc1cc(C(C)(C)C)cc(c1OCCC)Cc1cc([N+](=O)[O-])cc(c1O)Cc1cc([N+](=O)[O-])cc(c1O)C2. The van der Waals surface area contributed by atoms with E-state index in [0.717, 1.165) is 46.2 Å². The van der Waals surface area contributed by atoms with Gasteiger partial charge in [-0.25, -0.2) is 0 Å². The summed E-state index contributed by atoms with van der Waals surface area (Å²) >= 11 is 0. The maximum atomic E-state index is 12.2. The molecule has 4 aromatic rings. The lowest BCUT2D eigenvalue weighted by Crippen LogP contribution is -2.16. The predicted molar refractivity (Wildman–Crippen MR) is 203 cm³/mol. The Labute approximate surface area is 305 Å². The lowest BCUT2D eigenvalue weighted by molar-refractivity contribution is -0.385. The van der Waals surface area contributed by atoms with Crippen LogP contribution in [0.2, 0.25) is 0 Å². The number of hydrogen-bond acceptors (Lipinski definition) is 8. The number of benzene rings is 4. The maximum Gasteiger partial charge on any atom is 0.270 e. The van der Waals surface area contributed by atoms with Gasteiger partial charge in [-0.2, -0.15) is 0 Å². The molecule has 0 radical (unpaired) electrons. The number of nitro groups is 2. The van der Waals surface area contributed by atoms with Gasteiger partial charge in [-0.1, -0.05) is 79.7 Å². The molecule has 1 aliphatic rings. The first-order valence-electron chi connectivity index (χ1n) is 18.0. The normalized spacial score (nSPS) is 13.1. The van der Waals surface area contributed by atoms with E-state index >= 15 is 0 Å². The zero-order chi connectivity index (χ0) is 38.1. The Hall–Kier alpha value is -5.12. The van der Waals surface area contributed by atoms with E-state index in [1.807, 2.05) is 13.8 Å². The smallest absolute Gasteiger partial charge is 0.270 e. The molecular weight excluding hydrogens is 660 g/mol. The van der Waals surface area contributed by atoms with Crippen molar-refractivity contribution in [2.24, 2.45) is 0 Å². The first-order chi connectivity index (χ1) is 24.4. The summed E-state index contributed by atoms with van der Waals surface area (Å²) < 4.78 is 13.1. The van der Waals surface area contributed by atoms with Crippen LogP contribution < -0.4 is 9.47 Å². The van der Waals surface area contributed by atoms with Crippen LogP contribution in [0.5, 0.6) is 23.0 Å². The van der Waals surface area contributed by atoms with E-state index in [-0.39, 0.29) is 64.1 Å². The minimum atomic E-state index is -0.522. The molecule has 1 aliphatic carbocycles. The van der Waals surface area contributed by atoms with E-state index in [0.29, 0.717) is 42.3 Å². The first kappa shape index (κ1) is 38.1. The Bertz CT molecular complexity index is 1880. The van der Waals surface area contributed by atoms with Gasteiger partial charge in [0.15, 0.2) is 0 Å². The van der Waals surface area contributed by atoms with Crippen molar-refractivity contribution in [1.29, 1.82) is 0 Å². The Morgan fingerprint density at radius 3 is 1.06 bits per heavy atom. The summed E-state index contributed by atoms with van der Waals surface area (Å²) in [5.41, 5.74) is 5.41. The van der Waals surface area contributed by atoms with Gasteiger partial charge >= 0.3 is 0 Å². The number of hydrogen-bond donors (Lipinski definition) is 2. The van der Waals surface area contributed by atoms with Gasteiger partial charge in [0.25, 0.3) is 11.4 Å². The summed E-state index contributed by atoms with van der Waals surface area (Å²) in [4.78, 5) is 23.4. The maximum absolute atomic E-state index is 12.2. The molecule has 4 aromatic carbocycles. The highest BCUT2D eigenvalue weighted by Gasteiger charge is 2.28. The third-order valence-electron chi connectivity index (χ3n) is 9.57. The monoisotopic (exact) mass is 710 g/mol. The Morgan fingerprint density at radius 1 is 0.538 bits per heavy atom. The van der Waals surface area contributed by atoms with Crippen LogP contribution >= 0.6 is 0 Å². The van der Waals surface area contributed by atoms with Crippen LogP contribution in [0.4, 0.5) is 11.4 Å². The Morgan fingerprint density at radius 2 is 0.808 bits per heavy atom. The number of non-ortho nitro benzene ring substituents is 2. The van der Waals surface area contributed by atoms with E-state index in [2.05, 4.69) is 65.8 Å². The largest absolute Gasteiger partial charge is 0.507 e. The zero-order valence-electron chi connectivity index (χ0n) is 31.5. The van der Waals surface area contributed by atoms with Gasteiger partial charge in [-0.15, -0.1) is 0 Å².